The molecule has 0 radical (unpaired) electrons. The lowest BCUT2D eigenvalue weighted by Gasteiger charge is -2.07. The van der Waals surface area contributed by atoms with Gasteiger partial charge >= 0.3 is 0 Å². The summed E-state index contributed by atoms with van der Waals surface area (Å²) in [6.07, 6.45) is 2.33. The second-order valence-corrected chi connectivity index (χ2v) is 3.35. The van der Waals surface area contributed by atoms with E-state index in [0.717, 1.165) is 18.8 Å². The van der Waals surface area contributed by atoms with Crippen LogP contribution in [0, 0.1) is 0 Å². The molecule has 1 unspecified atom stereocenters. The van der Waals surface area contributed by atoms with Crippen molar-refractivity contribution in [3.05, 3.63) is 11.1 Å². The van der Waals surface area contributed by atoms with Gasteiger partial charge in [-0.3, -0.25) is 4.68 Å². The third-order valence-electron chi connectivity index (χ3n) is 2.14. The Kier molecular flexibility index (Phi) is 2.02. The fourth-order valence-corrected chi connectivity index (χ4v) is 1.77. The number of aromatic nitrogens is 3. The van der Waals surface area contributed by atoms with E-state index in [1.807, 2.05) is 7.05 Å². The largest absolute Gasteiger partial charge is 0.307 e. The molecular formula is C7H11ClN4. The Morgan fingerprint density at radius 3 is 3.00 bits per heavy atom. The normalized spacial score (nSPS) is 23.3. The van der Waals surface area contributed by atoms with Crippen molar-refractivity contribution in [3.8, 4) is 0 Å². The van der Waals surface area contributed by atoms with Gasteiger partial charge in [0.05, 0.1) is 6.04 Å². The molecule has 1 aromatic heterocycles. The van der Waals surface area contributed by atoms with Crippen LogP contribution in [0.3, 0.4) is 0 Å². The van der Waals surface area contributed by atoms with E-state index in [2.05, 4.69) is 15.4 Å². The molecule has 0 amide bonds. The second kappa shape index (κ2) is 3.03. The summed E-state index contributed by atoms with van der Waals surface area (Å²) in [5.41, 5.74) is 0. The Balaban J connectivity index is 2.25. The molecule has 5 heteroatoms. The molecule has 1 N–H and O–H groups in total. The Morgan fingerprint density at radius 2 is 2.50 bits per heavy atom. The standard InChI is InChI=1S/C7H11ClN4/c1-12-6(10-7(8)11-12)5-3-2-4-9-5/h5,9H,2-4H2,1H3. The number of nitrogens with zero attached hydrogens (tertiary/aromatic N) is 3. The van der Waals surface area contributed by atoms with Gasteiger partial charge in [-0.15, -0.1) is 5.10 Å². The quantitative estimate of drug-likeness (QED) is 0.709. The van der Waals surface area contributed by atoms with Crippen molar-refractivity contribution in [2.45, 2.75) is 18.9 Å². The lowest BCUT2D eigenvalue weighted by Crippen LogP contribution is -2.17. The van der Waals surface area contributed by atoms with Gasteiger partial charge in [0.2, 0.25) is 5.28 Å². The average Bonchev–Trinajstić information content (AvgIpc) is 2.58. The molecule has 1 aliphatic heterocycles. The number of hydrogen-bond acceptors (Lipinski definition) is 3. The third-order valence-corrected chi connectivity index (χ3v) is 2.30. The SMILES string of the molecule is Cn1nc(Cl)nc1C1CCCN1. The lowest BCUT2D eigenvalue weighted by molar-refractivity contribution is 0.559. The van der Waals surface area contributed by atoms with Crippen molar-refractivity contribution in [1.29, 1.82) is 0 Å². The van der Waals surface area contributed by atoms with E-state index in [1.54, 1.807) is 4.68 Å². The first kappa shape index (κ1) is 8.01. The minimum atomic E-state index is 0.334. The van der Waals surface area contributed by atoms with Crippen LogP contribution >= 0.6 is 11.6 Å². The highest BCUT2D eigenvalue weighted by Crippen LogP contribution is 2.21. The number of nitrogens with one attached hydrogen (secondary N) is 1. The molecule has 0 saturated carbocycles. The molecule has 1 atom stereocenters. The maximum absolute atomic E-state index is 5.67. The molecule has 66 valence electrons. The molecule has 1 fully saturated rings. The van der Waals surface area contributed by atoms with Crippen LogP contribution in [0.15, 0.2) is 0 Å². The topological polar surface area (TPSA) is 42.7 Å². The Bertz CT molecular complexity index is 277. The molecular weight excluding hydrogens is 176 g/mol. The molecule has 12 heavy (non-hydrogen) atoms. The minimum Gasteiger partial charge on any atom is -0.307 e. The molecule has 1 saturated heterocycles. The summed E-state index contributed by atoms with van der Waals surface area (Å²) in [5, 5.41) is 7.67. The summed E-state index contributed by atoms with van der Waals surface area (Å²) in [5.74, 6) is 0.942. The van der Waals surface area contributed by atoms with Crippen molar-refractivity contribution >= 4 is 11.6 Å². The highest BCUT2D eigenvalue weighted by molar-refractivity contribution is 6.28. The van der Waals surface area contributed by atoms with E-state index < -0.39 is 0 Å². The summed E-state index contributed by atoms with van der Waals surface area (Å²) in [7, 11) is 1.87. The van der Waals surface area contributed by atoms with Gasteiger partial charge in [0.15, 0.2) is 0 Å². The number of rotatable bonds is 1. The van der Waals surface area contributed by atoms with Crippen molar-refractivity contribution in [2.75, 3.05) is 6.54 Å². The van der Waals surface area contributed by atoms with E-state index in [1.165, 1.54) is 6.42 Å². The van der Waals surface area contributed by atoms with E-state index in [9.17, 15) is 0 Å². The summed E-state index contributed by atoms with van der Waals surface area (Å²) < 4.78 is 1.74. The maximum atomic E-state index is 5.67. The third kappa shape index (κ3) is 1.32. The Morgan fingerprint density at radius 1 is 1.67 bits per heavy atom. The molecule has 0 bridgehead atoms. The van der Waals surface area contributed by atoms with Gasteiger partial charge in [-0.05, 0) is 31.0 Å². The van der Waals surface area contributed by atoms with Gasteiger partial charge in [-0.2, -0.15) is 0 Å². The number of hydrogen-bond donors (Lipinski definition) is 1. The highest BCUT2D eigenvalue weighted by Gasteiger charge is 2.21. The lowest BCUT2D eigenvalue weighted by atomic mass is 10.2. The summed E-state index contributed by atoms with van der Waals surface area (Å²) in [6, 6.07) is 0.343. The van der Waals surface area contributed by atoms with Crippen LogP contribution in [-0.4, -0.2) is 21.3 Å². The Hall–Kier alpha value is -0.610. The summed E-state index contributed by atoms with van der Waals surface area (Å²) in [6.45, 7) is 1.06. The van der Waals surface area contributed by atoms with Crippen LogP contribution in [0.4, 0.5) is 0 Å². The summed E-state index contributed by atoms with van der Waals surface area (Å²) in [4.78, 5) is 4.15. The molecule has 1 aromatic rings. The van der Waals surface area contributed by atoms with Crippen LogP contribution < -0.4 is 5.32 Å². The predicted octanol–water partition coefficient (Wildman–Crippen LogP) is 0.893. The first-order valence-electron chi connectivity index (χ1n) is 4.07. The molecule has 2 heterocycles. The van der Waals surface area contributed by atoms with Crippen LogP contribution in [-0.2, 0) is 7.05 Å². The Labute approximate surface area is 75.9 Å². The minimum absolute atomic E-state index is 0.334. The van der Waals surface area contributed by atoms with Gasteiger partial charge in [0.1, 0.15) is 5.82 Å². The van der Waals surface area contributed by atoms with E-state index in [4.69, 9.17) is 11.6 Å². The average molecular weight is 187 g/mol. The van der Waals surface area contributed by atoms with Gasteiger partial charge in [-0.1, -0.05) is 0 Å². The van der Waals surface area contributed by atoms with Crippen LogP contribution in [0.1, 0.15) is 24.7 Å². The molecule has 0 aromatic carbocycles. The van der Waals surface area contributed by atoms with Crippen LogP contribution in [0.25, 0.3) is 0 Å². The smallest absolute Gasteiger partial charge is 0.242 e. The maximum Gasteiger partial charge on any atom is 0.242 e. The first-order chi connectivity index (χ1) is 5.77. The zero-order valence-corrected chi connectivity index (χ0v) is 7.67. The molecule has 1 aliphatic rings. The highest BCUT2D eigenvalue weighted by atomic mass is 35.5. The summed E-state index contributed by atoms with van der Waals surface area (Å²) >= 11 is 5.67. The fourth-order valence-electron chi connectivity index (χ4n) is 1.57. The van der Waals surface area contributed by atoms with Crippen molar-refractivity contribution < 1.29 is 0 Å². The van der Waals surface area contributed by atoms with Crippen molar-refractivity contribution in [1.82, 2.24) is 20.1 Å². The molecule has 0 aliphatic carbocycles. The van der Waals surface area contributed by atoms with Crippen LogP contribution in [0.5, 0.6) is 0 Å². The molecule has 4 nitrogen and oxygen atoms in total. The zero-order valence-electron chi connectivity index (χ0n) is 6.92. The fraction of sp³-hybridized carbons (Fsp3) is 0.714. The molecule has 2 rings (SSSR count). The monoisotopic (exact) mass is 186 g/mol. The van der Waals surface area contributed by atoms with E-state index >= 15 is 0 Å². The zero-order chi connectivity index (χ0) is 8.55. The van der Waals surface area contributed by atoms with Crippen molar-refractivity contribution in [2.24, 2.45) is 7.05 Å². The second-order valence-electron chi connectivity index (χ2n) is 3.01. The van der Waals surface area contributed by atoms with E-state index in [-0.39, 0.29) is 0 Å². The molecule has 0 spiro atoms. The number of halogens is 1. The van der Waals surface area contributed by atoms with Crippen LogP contribution in [0.2, 0.25) is 5.28 Å². The van der Waals surface area contributed by atoms with Crippen molar-refractivity contribution in [3.63, 3.8) is 0 Å². The number of aryl methyl sites for hydroxylation is 1. The van der Waals surface area contributed by atoms with Gasteiger partial charge < -0.3 is 5.32 Å². The predicted molar refractivity (Wildman–Crippen MR) is 46.0 cm³/mol. The van der Waals surface area contributed by atoms with Gasteiger partial charge in [-0.25, -0.2) is 4.98 Å². The first-order valence-corrected chi connectivity index (χ1v) is 4.45. The van der Waals surface area contributed by atoms with Gasteiger partial charge in [0, 0.05) is 7.05 Å². The van der Waals surface area contributed by atoms with E-state index in [0.29, 0.717) is 11.3 Å². The van der Waals surface area contributed by atoms with Gasteiger partial charge in [0.25, 0.3) is 0 Å².